The Morgan fingerprint density at radius 3 is 2.96 bits per heavy atom. The van der Waals surface area contributed by atoms with Crippen LogP contribution in [0.25, 0.3) is 0 Å². The third-order valence-electron chi connectivity index (χ3n) is 4.23. The highest BCUT2D eigenvalue weighted by Crippen LogP contribution is 2.27. The molecule has 0 saturated carbocycles. The predicted octanol–water partition coefficient (Wildman–Crippen LogP) is 1.77. The average Bonchev–Trinajstić information content (AvgIpc) is 2.54. The molecule has 132 valence electrons. The Labute approximate surface area is 144 Å². The molecule has 1 atom stereocenters. The summed E-state index contributed by atoms with van der Waals surface area (Å²) in [5.41, 5.74) is 1.04. The highest BCUT2D eigenvalue weighted by atomic mass is 16.6. The standard InChI is InChI=1S/C16H20N6O3/c1-10-5-6-17-15(14(10)22(24)25)19-12-4-3-7-21(9-12)16-18-11(2)8-13(23)20-16/h5-6,8,12H,3-4,7,9H2,1-2H3,(H,17,19)(H,18,20,23). The van der Waals surface area contributed by atoms with Gasteiger partial charge in [0.1, 0.15) is 0 Å². The van der Waals surface area contributed by atoms with Crippen molar-refractivity contribution in [2.24, 2.45) is 0 Å². The van der Waals surface area contributed by atoms with Crippen LogP contribution < -0.4 is 15.8 Å². The molecular weight excluding hydrogens is 324 g/mol. The van der Waals surface area contributed by atoms with Crippen molar-refractivity contribution in [3.8, 4) is 0 Å². The Balaban J connectivity index is 1.80. The minimum atomic E-state index is -0.412. The van der Waals surface area contributed by atoms with Gasteiger partial charge in [0.25, 0.3) is 5.56 Å². The van der Waals surface area contributed by atoms with Crippen LogP contribution >= 0.6 is 0 Å². The lowest BCUT2D eigenvalue weighted by molar-refractivity contribution is -0.384. The number of piperidine rings is 1. The quantitative estimate of drug-likeness (QED) is 0.641. The van der Waals surface area contributed by atoms with E-state index in [0.717, 1.165) is 19.4 Å². The van der Waals surface area contributed by atoms with Gasteiger partial charge in [-0.1, -0.05) is 0 Å². The molecular formula is C16H20N6O3. The normalized spacial score (nSPS) is 17.4. The fourth-order valence-corrected chi connectivity index (χ4v) is 3.08. The van der Waals surface area contributed by atoms with Gasteiger partial charge in [0, 0.05) is 42.7 Å². The highest BCUT2D eigenvalue weighted by Gasteiger charge is 2.25. The van der Waals surface area contributed by atoms with Crippen molar-refractivity contribution in [3.63, 3.8) is 0 Å². The number of nitrogens with one attached hydrogen (secondary N) is 2. The number of rotatable bonds is 4. The van der Waals surface area contributed by atoms with Gasteiger partial charge in [-0.15, -0.1) is 0 Å². The summed E-state index contributed by atoms with van der Waals surface area (Å²) in [5, 5.41) is 14.5. The van der Waals surface area contributed by atoms with E-state index in [-0.39, 0.29) is 23.1 Å². The second kappa shape index (κ2) is 6.88. The van der Waals surface area contributed by atoms with Crippen LogP contribution in [0.1, 0.15) is 24.1 Å². The number of aromatic amines is 1. The van der Waals surface area contributed by atoms with Crippen molar-refractivity contribution in [1.82, 2.24) is 15.0 Å². The van der Waals surface area contributed by atoms with E-state index in [4.69, 9.17) is 0 Å². The molecule has 1 aliphatic heterocycles. The summed E-state index contributed by atoms with van der Waals surface area (Å²) in [6.07, 6.45) is 3.30. The summed E-state index contributed by atoms with van der Waals surface area (Å²) in [4.78, 5) is 35.8. The number of H-pyrrole nitrogens is 1. The zero-order chi connectivity index (χ0) is 18.0. The lowest BCUT2D eigenvalue weighted by Crippen LogP contribution is -2.43. The van der Waals surface area contributed by atoms with Gasteiger partial charge in [-0.3, -0.25) is 19.9 Å². The molecule has 2 N–H and O–H groups in total. The summed E-state index contributed by atoms with van der Waals surface area (Å²) in [6, 6.07) is 3.05. The first-order valence-corrected chi connectivity index (χ1v) is 8.13. The van der Waals surface area contributed by atoms with Crippen LogP contribution in [0, 0.1) is 24.0 Å². The summed E-state index contributed by atoms with van der Waals surface area (Å²) in [5.74, 6) is 0.811. The highest BCUT2D eigenvalue weighted by molar-refractivity contribution is 5.60. The van der Waals surface area contributed by atoms with Crippen molar-refractivity contribution in [1.29, 1.82) is 0 Å². The molecule has 2 aromatic rings. The molecule has 3 heterocycles. The smallest absolute Gasteiger partial charge is 0.314 e. The van der Waals surface area contributed by atoms with Gasteiger partial charge < -0.3 is 10.2 Å². The SMILES string of the molecule is Cc1cc(=O)[nH]c(N2CCCC(Nc3nccc(C)c3[N+](=O)[O-])C2)n1. The number of anilines is 2. The Hall–Kier alpha value is -2.97. The van der Waals surface area contributed by atoms with Gasteiger partial charge in [0.15, 0.2) is 0 Å². The van der Waals surface area contributed by atoms with Crippen LogP contribution in [-0.2, 0) is 0 Å². The van der Waals surface area contributed by atoms with Crippen LogP contribution in [0.5, 0.6) is 0 Å². The van der Waals surface area contributed by atoms with Gasteiger partial charge >= 0.3 is 5.69 Å². The minimum absolute atomic E-state index is 0.00158. The van der Waals surface area contributed by atoms with Crippen molar-refractivity contribution >= 4 is 17.5 Å². The topological polar surface area (TPSA) is 117 Å². The van der Waals surface area contributed by atoms with Crippen LogP contribution in [0.4, 0.5) is 17.5 Å². The Morgan fingerprint density at radius 1 is 1.44 bits per heavy atom. The van der Waals surface area contributed by atoms with Gasteiger partial charge in [-0.25, -0.2) is 9.97 Å². The minimum Gasteiger partial charge on any atom is -0.360 e. The molecule has 9 nitrogen and oxygen atoms in total. The maximum absolute atomic E-state index is 11.7. The van der Waals surface area contributed by atoms with Crippen LogP contribution in [0.3, 0.4) is 0 Å². The third kappa shape index (κ3) is 3.76. The summed E-state index contributed by atoms with van der Waals surface area (Å²) < 4.78 is 0. The molecule has 1 fully saturated rings. The van der Waals surface area contributed by atoms with Crippen molar-refractivity contribution in [2.45, 2.75) is 32.7 Å². The molecule has 0 spiro atoms. The van der Waals surface area contributed by atoms with Crippen molar-refractivity contribution in [3.05, 3.63) is 50.1 Å². The number of nitro groups is 1. The number of pyridine rings is 1. The molecule has 1 saturated heterocycles. The van der Waals surface area contributed by atoms with E-state index in [1.807, 2.05) is 4.90 Å². The molecule has 1 unspecified atom stereocenters. The molecule has 1 aliphatic rings. The van der Waals surface area contributed by atoms with Gasteiger partial charge in [0.2, 0.25) is 11.8 Å². The van der Waals surface area contributed by atoms with Crippen LogP contribution in [0.15, 0.2) is 23.1 Å². The first-order chi connectivity index (χ1) is 11.9. The predicted molar refractivity (Wildman–Crippen MR) is 94.1 cm³/mol. The second-order valence-electron chi connectivity index (χ2n) is 6.22. The third-order valence-corrected chi connectivity index (χ3v) is 4.23. The molecule has 0 bridgehead atoms. The van der Waals surface area contributed by atoms with E-state index < -0.39 is 4.92 Å². The molecule has 0 aromatic carbocycles. The summed E-state index contributed by atoms with van der Waals surface area (Å²) >= 11 is 0. The maximum Gasteiger partial charge on any atom is 0.314 e. The van der Waals surface area contributed by atoms with Gasteiger partial charge in [-0.05, 0) is 32.8 Å². The average molecular weight is 344 g/mol. The summed E-state index contributed by atoms with van der Waals surface area (Å²) in [7, 11) is 0. The molecule has 0 amide bonds. The van der Waals surface area contributed by atoms with Crippen LogP contribution in [0.2, 0.25) is 0 Å². The first-order valence-electron chi connectivity index (χ1n) is 8.13. The molecule has 0 radical (unpaired) electrons. The van der Waals surface area contributed by atoms with E-state index in [1.54, 1.807) is 26.1 Å². The van der Waals surface area contributed by atoms with Crippen molar-refractivity contribution < 1.29 is 4.92 Å². The number of hydrogen-bond acceptors (Lipinski definition) is 7. The van der Waals surface area contributed by atoms with E-state index >= 15 is 0 Å². The zero-order valence-electron chi connectivity index (χ0n) is 14.2. The Bertz CT molecular complexity index is 850. The largest absolute Gasteiger partial charge is 0.360 e. The van der Waals surface area contributed by atoms with E-state index in [9.17, 15) is 14.9 Å². The Morgan fingerprint density at radius 2 is 2.24 bits per heavy atom. The van der Waals surface area contributed by atoms with Crippen molar-refractivity contribution in [2.75, 3.05) is 23.3 Å². The Kier molecular flexibility index (Phi) is 4.64. The molecule has 0 aliphatic carbocycles. The van der Waals surface area contributed by atoms with Gasteiger partial charge in [0.05, 0.1) is 4.92 Å². The molecule has 25 heavy (non-hydrogen) atoms. The van der Waals surface area contributed by atoms with E-state index in [1.165, 1.54) is 6.07 Å². The van der Waals surface area contributed by atoms with Crippen LogP contribution in [-0.4, -0.2) is 39.0 Å². The zero-order valence-corrected chi connectivity index (χ0v) is 14.2. The van der Waals surface area contributed by atoms with Gasteiger partial charge in [-0.2, -0.15) is 0 Å². The number of aryl methyl sites for hydroxylation is 2. The summed E-state index contributed by atoms with van der Waals surface area (Å²) in [6.45, 7) is 4.82. The monoisotopic (exact) mass is 344 g/mol. The fourth-order valence-electron chi connectivity index (χ4n) is 3.08. The second-order valence-corrected chi connectivity index (χ2v) is 6.22. The number of aromatic nitrogens is 3. The molecule has 9 heteroatoms. The fraction of sp³-hybridized carbons (Fsp3) is 0.438. The molecule has 3 rings (SSSR count). The first kappa shape index (κ1) is 16.9. The van der Waals surface area contributed by atoms with E-state index in [2.05, 4.69) is 20.3 Å². The number of hydrogen-bond donors (Lipinski definition) is 2. The van der Waals surface area contributed by atoms with E-state index in [0.29, 0.717) is 23.8 Å². The lowest BCUT2D eigenvalue weighted by atomic mass is 10.1. The number of nitrogens with zero attached hydrogens (tertiary/aromatic N) is 4. The lowest BCUT2D eigenvalue weighted by Gasteiger charge is -2.33. The molecule has 2 aromatic heterocycles. The maximum atomic E-state index is 11.7.